The Kier molecular flexibility index (Phi) is 7.42. The molecule has 0 aliphatic carbocycles. The van der Waals surface area contributed by atoms with Crippen LogP contribution in [0.15, 0.2) is 0 Å². The minimum absolute atomic E-state index is 0.0750. The highest BCUT2D eigenvalue weighted by atomic mass is 32.2. The second kappa shape index (κ2) is 7.70. The average Bonchev–Trinajstić information content (AvgIpc) is 2.13. The molecule has 0 bridgehead atoms. The van der Waals surface area contributed by atoms with Gasteiger partial charge in [-0.25, -0.2) is 12.7 Å². The number of hydrogen-bond donors (Lipinski definition) is 1. The van der Waals surface area contributed by atoms with Gasteiger partial charge in [-0.2, -0.15) is 0 Å². The third-order valence-corrected chi connectivity index (χ3v) is 3.61. The summed E-state index contributed by atoms with van der Waals surface area (Å²) in [6.07, 6.45) is 1.36. The molecule has 0 aromatic carbocycles. The van der Waals surface area contributed by atoms with Crippen molar-refractivity contribution < 1.29 is 13.2 Å². The Morgan fingerprint density at radius 2 is 1.72 bits per heavy atom. The predicted octanol–water partition coefficient (Wildman–Crippen LogP) is -0.276. The fourth-order valence-electron chi connectivity index (χ4n) is 1.38. The van der Waals surface area contributed by atoms with Crippen LogP contribution in [0.3, 0.4) is 0 Å². The van der Waals surface area contributed by atoms with Gasteiger partial charge in [0.05, 0.1) is 6.26 Å². The van der Waals surface area contributed by atoms with Gasteiger partial charge in [-0.1, -0.05) is 0 Å². The number of nitrogens with one attached hydrogen (secondary N) is 1. The van der Waals surface area contributed by atoms with Crippen molar-refractivity contribution in [1.82, 2.24) is 14.5 Å². The van der Waals surface area contributed by atoms with E-state index in [1.807, 2.05) is 32.8 Å². The van der Waals surface area contributed by atoms with E-state index in [1.54, 1.807) is 0 Å². The largest absolute Gasteiger partial charge is 0.354 e. The maximum absolute atomic E-state index is 11.6. The zero-order chi connectivity index (χ0) is 14.3. The second-order valence-corrected chi connectivity index (χ2v) is 6.92. The first-order chi connectivity index (χ1) is 8.12. The number of sulfonamides is 1. The molecule has 0 aromatic rings. The van der Waals surface area contributed by atoms with Gasteiger partial charge in [0.1, 0.15) is 0 Å². The van der Waals surface area contributed by atoms with E-state index in [4.69, 9.17) is 0 Å². The summed E-state index contributed by atoms with van der Waals surface area (Å²) in [5, 5.41) is 2.74. The summed E-state index contributed by atoms with van der Waals surface area (Å²) in [5.74, 6) is -0.122. The van der Waals surface area contributed by atoms with Gasteiger partial charge >= 0.3 is 0 Å². The monoisotopic (exact) mass is 279 g/mol. The van der Waals surface area contributed by atoms with E-state index < -0.39 is 10.0 Å². The second-order valence-electron chi connectivity index (χ2n) is 4.94. The summed E-state index contributed by atoms with van der Waals surface area (Å²) >= 11 is 0. The van der Waals surface area contributed by atoms with E-state index in [0.717, 1.165) is 0 Å². The molecule has 1 N–H and O–H groups in total. The molecule has 18 heavy (non-hydrogen) atoms. The van der Waals surface area contributed by atoms with Gasteiger partial charge in [-0.3, -0.25) is 4.79 Å². The van der Waals surface area contributed by atoms with Gasteiger partial charge in [0.2, 0.25) is 15.9 Å². The van der Waals surface area contributed by atoms with E-state index in [2.05, 4.69) is 5.32 Å². The number of rotatable bonds is 8. The number of amides is 1. The Labute approximate surface area is 110 Å². The summed E-state index contributed by atoms with van der Waals surface area (Å²) in [4.78, 5) is 13.4. The molecule has 1 amide bonds. The van der Waals surface area contributed by atoms with Crippen LogP contribution in [0.1, 0.15) is 20.3 Å². The lowest BCUT2D eigenvalue weighted by atomic mass is 10.3. The molecule has 0 heterocycles. The molecule has 0 unspecified atom stereocenters. The average molecular weight is 279 g/mol. The van der Waals surface area contributed by atoms with E-state index in [1.165, 1.54) is 10.6 Å². The van der Waals surface area contributed by atoms with E-state index in [9.17, 15) is 13.2 Å². The maximum atomic E-state index is 11.6. The van der Waals surface area contributed by atoms with E-state index in [0.29, 0.717) is 13.1 Å². The zero-order valence-electron chi connectivity index (χ0n) is 11.9. The molecule has 0 aromatic heterocycles. The molecule has 0 aliphatic heterocycles. The topological polar surface area (TPSA) is 69.7 Å². The van der Waals surface area contributed by atoms with Crippen molar-refractivity contribution in [2.75, 3.05) is 40.0 Å². The summed E-state index contributed by atoms with van der Waals surface area (Å²) in [7, 11) is 0.504. The van der Waals surface area contributed by atoms with E-state index >= 15 is 0 Å². The van der Waals surface area contributed by atoms with Gasteiger partial charge in [-0.15, -0.1) is 0 Å². The van der Waals surface area contributed by atoms with Crippen LogP contribution in [0.2, 0.25) is 0 Å². The minimum atomic E-state index is -3.26. The first-order valence-electron chi connectivity index (χ1n) is 6.02. The van der Waals surface area contributed by atoms with E-state index in [-0.39, 0.29) is 24.9 Å². The lowest BCUT2D eigenvalue weighted by Gasteiger charge is -2.21. The summed E-state index contributed by atoms with van der Waals surface area (Å²) in [6.45, 7) is 5.02. The fraction of sp³-hybridized carbons (Fsp3) is 0.909. The normalized spacial score (nSPS) is 12.4. The van der Waals surface area contributed by atoms with Gasteiger partial charge < -0.3 is 10.2 Å². The Morgan fingerprint density at radius 3 is 2.11 bits per heavy atom. The predicted molar refractivity (Wildman–Crippen MR) is 72.9 cm³/mol. The smallest absolute Gasteiger partial charge is 0.221 e. The van der Waals surface area contributed by atoms with Crippen LogP contribution in [0, 0.1) is 0 Å². The van der Waals surface area contributed by atoms with Gasteiger partial charge in [0.25, 0.3) is 0 Å². The molecule has 0 radical (unpaired) electrons. The van der Waals surface area contributed by atoms with Crippen molar-refractivity contribution in [1.29, 1.82) is 0 Å². The van der Waals surface area contributed by atoms with Crippen LogP contribution in [0.4, 0.5) is 0 Å². The number of likely N-dealkylation sites (N-methyl/N-ethyl adjacent to an activating group) is 1. The van der Waals surface area contributed by atoms with Crippen LogP contribution < -0.4 is 5.32 Å². The Hall–Kier alpha value is -0.660. The Bertz CT molecular complexity index is 353. The van der Waals surface area contributed by atoms with Crippen LogP contribution >= 0.6 is 0 Å². The number of hydrogen-bond acceptors (Lipinski definition) is 4. The SMILES string of the molecule is CC(C)NC(=O)CCN(CCN(C)C)S(C)(=O)=O. The molecule has 0 saturated heterocycles. The highest BCUT2D eigenvalue weighted by molar-refractivity contribution is 7.88. The maximum Gasteiger partial charge on any atom is 0.221 e. The molecule has 108 valence electrons. The summed E-state index contributed by atoms with van der Waals surface area (Å²) in [6, 6.07) is 0.0750. The van der Waals surface area contributed by atoms with Crippen LogP contribution in [-0.2, 0) is 14.8 Å². The zero-order valence-corrected chi connectivity index (χ0v) is 12.7. The molecule has 7 heteroatoms. The highest BCUT2D eigenvalue weighted by Gasteiger charge is 2.17. The quantitative estimate of drug-likeness (QED) is 0.664. The van der Waals surface area contributed by atoms with Gasteiger partial charge in [-0.05, 0) is 27.9 Å². The summed E-state index contributed by atoms with van der Waals surface area (Å²) < 4.78 is 24.4. The third kappa shape index (κ3) is 8.43. The highest BCUT2D eigenvalue weighted by Crippen LogP contribution is 2.00. The van der Waals surface area contributed by atoms with Crippen LogP contribution in [0.5, 0.6) is 0 Å². The molecule has 0 fully saturated rings. The molecule has 0 rings (SSSR count). The van der Waals surface area contributed by atoms with Gasteiger partial charge in [0, 0.05) is 32.1 Å². The number of nitrogens with zero attached hydrogens (tertiary/aromatic N) is 2. The van der Waals surface area contributed by atoms with Crippen LogP contribution in [0.25, 0.3) is 0 Å². The standard InChI is InChI=1S/C11H25N3O3S/c1-10(2)12-11(15)6-7-14(18(5,16)17)9-8-13(3)4/h10H,6-9H2,1-5H3,(H,12,15). The first kappa shape index (κ1) is 17.3. The minimum Gasteiger partial charge on any atom is -0.354 e. The van der Waals surface area contributed by atoms with Gasteiger partial charge in [0.15, 0.2) is 0 Å². The molecule has 0 spiro atoms. The first-order valence-corrected chi connectivity index (χ1v) is 7.87. The lowest BCUT2D eigenvalue weighted by Crippen LogP contribution is -2.39. The number of carbonyl (C=O) groups excluding carboxylic acids is 1. The Morgan fingerprint density at radius 1 is 1.17 bits per heavy atom. The number of carbonyl (C=O) groups is 1. The fourth-order valence-corrected chi connectivity index (χ4v) is 2.21. The molecule has 0 atom stereocenters. The van der Waals surface area contributed by atoms with Crippen LogP contribution in [-0.4, -0.2) is 69.6 Å². The van der Waals surface area contributed by atoms with Crippen molar-refractivity contribution in [3.63, 3.8) is 0 Å². The van der Waals surface area contributed by atoms with Crippen molar-refractivity contribution in [2.24, 2.45) is 0 Å². The molecular formula is C11H25N3O3S. The van der Waals surface area contributed by atoms with Crippen molar-refractivity contribution >= 4 is 15.9 Å². The van der Waals surface area contributed by atoms with Crippen molar-refractivity contribution in [3.05, 3.63) is 0 Å². The molecule has 0 aliphatic rings. The van der Waals surface area contributed by atoms with Crippen molar-refractivity contribution in [3.8, 4) is 0 Å². The van der Waals surface area contributed by atoms with Crippen molar-refractivity contribution in [2.45, 2.75) is 26.3 Å². The lowest BCUT2D eigenvalue weighted by molar-refractivity contribution is -0.121. The molecular weight excluding hydrogens is 254 g/mol. The Balaban J connectivity index is 4.30. The summed E-state index contributed by atoms with van der Waals surface area (Å²) in [5.41, 5.74) is 0. The third-order valence-electron chi connectivity index (χ3n) is 2.30. The molecule has 0 saturated carbocycles. The molecule has 6 nitrogen and oxygen atoms in total.